The first-order valence-corrected chi connectivity index (χ1v) is 8.16. The fourth-order valence-electron chi connectivity index (χ4n) is 2.47. The van der Waals surface area contributed by atoms with Gasteiger partial charge in [-0.15, -0.1) is 0 Å². The second kappa shape index (κ2) is 9.64. The van der Waals surface area contributed by atoms with Crippen LogP contribution in [0.15, 0.2) is 11.5 Å². The van der Waals surface area contributed by atoms with Gasteiger partial charge in [0, 0.05) is 13.0 Å². The zero-order chi connectivity index (χ0) is 19.3. The summed E-state index contributed by atoms with van der Waals surface area (Å²) in [7, 11) is 0. The number of hydrogen-bond acceptors (Lipinski definition) is 10. The lowest BCUT2D eigenvalue weighted by Crippen LogP contribution is -2.63. The second-order valence-electron chi connectivity index (χ2n) is 6.45. The van der Waals surface area contributed by atoms with Gasteiger partial charge in [-0.2, -0.15) is 0 Å². The van der Waals surface area contributed by atoms with Crippen molar-refractivity contribution >= 4 is 0 Å². The Bertz CT molecular complexity index is 445. The average molecular weight is 366 g/mol. The summed E-state index contributed by atoms with van der Waals surface area (Å²) >= 11 is 0. The minimum Gasteiger partial charge on any atom is -0.508 e. The molecule has 0 radical (unpaired) electrons. The largest absolute Gasteiger partial charge is 0.508 e. The molecule has 1 aliphatic rings. The molecule has 1 rings (SSSR count). The molecule has 0 aromatic heterocycles. The Morgan fingerprint density at radius 2 is 1.80 bits per heavy atom. The van der Waals surface area contributed by atoms with E-state index in [1.165, 1.54) is 0 Å². The van der Waals surface area contributed by atoms with Crippen molar-refractivity contribution in [3.8, 4) is 0 Å². The summed E-state index contributed by atoms with van der Waals surface area (Å²) < 4.78 is 10.8. The zero-order valence-electron chi connectivity index (χ0n) is 14.4. The highest BCUT2D eigenvalue weighted by Gasteiger charge is 2.44. The van der Waals surface area contributed by atoms with Gasteiger partial charge < -0.3 is 51.6 Å². The van der Waals surface area contributed by atoms with Crippen LogP contribution in [0.3, 0.4) is 0 Å². The van der Waals surface area contributed by atoms with E-state index in [1.54, 1.807) is 13.8 Å². The van der Waals surface area contributed by atoms with E-state index in [4.69, 9.17) is 20.9 Å². The van der Waals surface area contributed by atoms with Crippen molar-refractivity contribution in [1.82, 2.24) is 0 Å². The highest BCUT2D eigenvalue weighted by atomic mass is 16.7. The molecular formula is C15H30N2O8. The lowest BCUT2D eigenvalue weighted by atomic mass is 9.97. The van der Waals surface area contributed by atoms with E-state index in [9.17, 15) is 30.6 Å². The summed E-state index contributed by atoms with van der Waals surface area (Å²) in [4.78, 5) is 0. The van der Waals surface area contributed by atoms with E-state index in [0.717, 1.165) is 0 Å². The monoisotopic (exact) mass is 366 g/mol. The maximum absolute atomic E-state index is 10.3. The molecule has 7 unspecified atom stereocenters. The van der Waals surface area contributed by atoms with Crippen LogP contribution in [0.4, 0.5) is 0 Å². The Morgan fingerprint density at radius 1 is 1.20 bits per heavy atom. The van der Waals surface area contributed by atoms with E-state index in [1.807, 2.05) is 0 Å². The van der Waals surface area contributed by atoms with Crippen LogP contribution in [-0.2, 0) is 9.47 Å². The van der Waals surface area contributed by atoms with Crippen LogP contribution in [0.25, 0.3) is 0 Å². The van der Waals surface area contributed by atoms with E-state index >= 15 is 0 Å². The summed E-state index contributed by atoms with van der Waals surface area (Å²) in [5, 5.41) is 58.4. The fraction of sp³-hybridized carbons (Fsp3) is 0.867. The highest BCUT2D eigenvalue weighted by molar-refractivity contribution is 5.13. The zero-order valence-corrected chi connectivity index (χ0v) is 14.4. The van der Waals surface area contributed by atoms with Crippen LogP contribution < -0.4 is 11.5 Å². The van der Waals surface area contributed by atoms with Crippen LogP contribution in [0.2, 0.25) is 0 Å². The molecule has 0 spiro atoms. The summed E-state index contributed by atoms with van der Waals surface area (Å²) in [5.41, 5.74) is 11.3. The molecular weight excluding hydrogens is 336 g/mol. The molecule has 0 aliphatic carbocycles. The van der Waals surface area contributed by atoms with Crippen molar-refractivity contribution in [3.63, 3.8) is 0 Å². The Balaban J connectivity index is 2.98. The molecule has 148 valence electrons. The van der Waals surface area contributed by atoms with E-state index in [-0.39, 0.29) is 24.6 Å². The quantitative estimate of drug-likeness (QED) is 0.209. The van der Waals surface area contributed by atoms with Crippen molar-refractivity contribution in [2.75, 3.05) is 13.2 Å². The first kappa shape index (κ1) is 22.1. The van der Waals surface area contributed by atoms with Crippen molar-refractivity contribution in [2.45, 2.75) is 63.1 Å². The summed E-state index contributed by atoms with van der Waals surface area (Å²) in [6, 6.07) is -1.16. The molecule has 1 heterocycles. The first-order chi connectivity index (χ1) is 11.6. The maximum Gasteiger partial charge on any atom is 0.176 e. The Kier molecular flexibility index (Phi) is 8.51. The van der Waals surface area contributed by atoms with Crippen molar-refractivity contribution < 1.29 is 40.1 Å². The van der Waals surface area contributed by atoms with Crippen molar-refractivity contribution in [3.05, 3.63) is 11.5 Å². The summed E-state index contributed by atoms with van der Waals surface area (Å²) in [6.45, 7) is 2.47. The van der Waals surface area contributed by atoms with Gasteiger partial charge in [-0.1, -0.05) is 13.8 Å². The second-order valence-corrected chi connectivity index (χ2v) is 6.45. The number of nitrogens with two attached hydrogens (primary N) is 2. The lowest BCUT2D eigenvalue weighted by molar-refractivity contribution is -0.277. The SMILES string of the molecule is CC(C)C(O)/C(N)=C(\O)C(CCO)OC1OC(CO)C(O)C(O)C1N. The van der Waals surface area contributed by atoms with Crippen LogP contribution in [0.5, 0.6) is 0 Å². The minimum absolute atomic E-state index is 0.0770. The molecule has 0 aromatic carbocycles. The molecule has 1 saturated heterocycles. The Hall–Kier alpha value is -0.980. The number of ether oxygens (including phenoxy) is 2. The van der Waals surface area contributed by atoms with Crippen molar-refractivity contribution in [2.24, 2.45) is 17.4 Å². The minimum atomic E-state index is -1.42. The molecule has 1 aliphatic heterocycles. The first-order valence-electron chi connectivity index (χ1n) is 8.16. The Morgan fingerprint density at radius 3 is 2.28 bits per heavy atom. The van der Waals surface area contributed by atoms with Crippen LogP contribution in [-0.4, -0.2) is 86.7 Å². The average Bonchev–Trinajstić information content (AvgIpc) is 2.59. The van der Waals surface area contributed by atoms with Gasteiger partial charge in [0.15, 0.2) is 6.29 Å². The molecule has 10 nitrogen and oxygen atoms in total. The predicted octanol–water partition coefficient (Wildman–Crippen LogP) is -2.73. The molecule has 0 aromatic rings. The van der Waals surface area contributed by atoms with Gasteiger partial charge in [0.05, 0.1) is 24.4 Å². The van der Waals surface area contributed by atoms with Gasteiger partial charge in [-0.25, -0.2) is 0 Å². The third-order valence-electron chi connectivity index (χ3n) is 4.17. The highest BCUT2D eigenvalue weighted by Crippen LogP contribution is 2.25. The number of aliphatic hydroxyl groups excluding tert-OH is 6. The summed E-state index contributed by atoms with van der Waals surface area (Å²) in [5.74, 6) is -0.743. The van der Waals surface area contributed by atoms with Crippen LogP contribution in [0, 0.1) is 5.92 Å². The van der Waals surface area contributed by atoms with Gasteiger partial charge in [-0.3, -0.25) is 0 Å². The molecule has 10 heteroatoms. The number of hydrogen-bond donors (Lipinski definition) is 8. The third kappa shape index (κ3) is 5.25. The number of rotatable bonds is 8. The van der Waals surface area contributed by atoms with Gasteiger partial charge >= 0.3 is 0 Å². The van der Waals surface area contributed by atoms with E-state index < -0.39 is 55.2 Å². The fourth-order valence-corrected chi connectivity index (χ4v) is 2.47. The van der Waals surface area contributed by atoms with Gasteiger partial charge in [-0.05, 0) is 5.92 Å². The predicted molar refractivity (Wildman–Crippen MR) is 87.0 cm³/mol. The standard InChI is InChI=1S/C15H30N2O8/c1-6(2)11(20)9(16)12(21)7(3-4-18)24-15-10(17)14(23)13(22)8(5-19)25-15/h6-8,10-11,13-15,18-23H,3-5,16-17H2,1-2H3/b12-9+. The molecule has 7 atom stereocenters. The molecule has 10 N–H and O–H groups in total. The molecule has 0 bridgehead atoms. The van der Waals surface area contributed by atoms with Crippen LogP contribution >= 0.6 is 0 Å². The lowest BCUT2D eigenvalue weighted by Gasteiger charge is -2.41. The van der Waals surface area contributed by atoms with E-state index in [0.29, 0.717) is 0 Å². The molecule has 25 heavy (non-hydrogen) atoms. The summed E-state index contributed by atoms with van der Waals surface area (Å²) in [6.07, 6.45) is -7.58. The van der Waals surface area contributed by atoms with Crippen molar-refractivity contribution in [1.29, 1.82) is 0 Å². The van der Waals surface area contributed by atoms with E-state index in [2.05, 4.69) is 0 Å². The van der Waals surface area contributed by atoms with Gasteiger partial charge in [0.25, 0.3) is 0 Å². The maximum atomic E-state index is 10.3. The topological polar surface area (TPSA) is 192 Å². The molecule has 0 saturated carbocycles. The van der Waals surface area contributed by atoms with Crippen LogP contribution in [0.1, 0.15) is 20.3 Å². The number of aliphatic hydroxyl groups is 6. The normalized spacial score (nSPS) is 33.9. The van der Waals surface area contributed by atoms with Gasteiger partial charge in [0.1, 0.15) is 30.2 Å². The van der Waals surface area contributed by atoms with Gasteiger partial charge in [0.2, 0.25) is 0 Å². The molecule has 1 fully saturated rings. The molecule has 0 amide bonds. The Labute approximate surface area is 146 Å². The third-order valence-corrected chi connectivity index (χ3v) is 4.17. The smallest absolute Gasteiger partial charge is 0.176 e.